The molecule has 1 aliphatic heterocycles. The van der Waals surface area contributed by atoms with Gasteiger partial charge in [-0.3, -0.25) is 0 Å². The molecule has 3 rings (SSSR count). The maximum Gasteiger partial charge on any atom is 0.134 e. The molecule has 4 nitrogen and oxygen atoms in total. The Morgan fingerprint density at radius 1 is 1.33 bits per heavy atom. The van der Waals surface area contributed by atoms with Crippen molar-refractivity contribution in [3.8, 4) is 0 Å². The molecule has 0 spiro atoms. The quantitative estimate of drug-likeness (QED) is 0.919. The minimum atomic E-state index is -0.106. The van der Waals surface area contributed by atoms with E-state index in [0.717, 1.165) is 42.8 Å². The Kier molecular flexibility index (Phi) is 4.58. The topological polar surface area (TPSA) is 51.6 Å². The predicted molar refractivity (Wildman–Crippen MR) is 84.2 cm³/mol. The molecule has 1 fully saturated rings. The summed E-state index contributed by atoms with van der Waals surface area (Å²) in [6, 6.07) is 9.96. The van der Waals surface area contributed by atoms with Crippen LogP contribution in [0.2, 0.25) is 0 Å². The van der Waals surface area contributed by atoms with Crippen molar-refractivity contribution < 1.29 is 9.15 Å². The zero-order chi connectivity index (χ0) is 14.7. The van der Waals surface area contributed by atoms with E-state index in [1.54, 1.807) is 0 Å². The second-order valence-electron chi connectivity index (χ2n) is 6.00. The van der Waals surface area contributed by atoms with Crippen molar-refractivity contribution in [1.82, 2.24) is 4.90 Å². The van der Waals surface area contributed by atoms with Gasteiger partial charge in [0.1, 0.15) is 11.3 Å². The predicted octanol–water partition coefficient (Wildman–Crippen LogP) is 2.93. The molecule has 21 heavy (non-hydrogen) atoms. The monoisotopic (exact) mass is 288 g/mol. The summed E-state index contributed by atoms with van der Waals surface area (Å²) in [5, 5.41) is 1.11. The summed E-state index contributed by atoms with van der Waals surface area (Å²) in [5.74, 6) is 0.854. The highest BCUT2D eigenvalue weighted by Gasteiger charge is 2.19. The van der Waals surface area contributed by atoms with Crippen LogP contribution in [0.1, 0.15) is 31.1 Å². The molecule has 1 aliphatic rings. The van der Waals surface area contributed by atoms with Gasteiger partial charge in [0.15, 0.2) is 0 Å². The lowest BCUT2D eigenvalue weighted by molar-refractivity contribution is -0.00236. The highest BCUT2D eigenvalue weighted by Crippen LogP contribution is 2.23. The van der Waals surface area contributed by atoms with Gasteiger partial charge in [0.2, 0.25) is 0 Å². The molecule has 0 aliphatic carbocycles. The zero-order valence-corrected chi connectivity index (χ0v) is 12.6. The summed E-state index contributed by atoms with van der Waals surface area (Å²) in [6.07, 6.45) is 3.98. The largest absolute Gasteiger partial charge is 0.459 e. The molecule has 2 N–H and O–H groups in total. The van der Waals surface area contributed by atoms with E-state index < -0.39 is 0 Å². The first-order valence-electron chi connectivity index (χ1n) is 7.76. The highest BCUT2D eigenvalue weighted by atomic mass is 16.5. The average molecular weight is 288 g/mol. The Bertz CT molecular complexity index is 542. The Labute approximate surface area is 125 Å². The van der Waals surface area contributed by atoms with Gasteiger partial charge < -0.3 is 19.8 Å². The van der Waals surface area contributed by atoms with Crippen LogP contribution in [0.5, 0.6) is 0 Å². The van der Waals surface area contributed by atoms with Crippen molar-refractivity contribution in [2.45, 2.75) is 31.4 Å². The van der Waals surface area contributed by atoms with Crippen molar-refractivity contribution in [2.24, 2.45) is 5.73 Å². The fraction of sp³-hybridized carbons (Fsp3) is 0.529. The lowest BCUT2D eigenvalue weighted by Crippen LogP contribution is -2.37. The van der Waals surface area contributed by atoms with Gasteiger partial charge in [0.05, 0.1) is 12.1 Å². The van der Waals surface area contributed by atoms with Crippen molar-refractivity contribution >= 4 is 11.0 Å². The number of rotatable bonds is 5. The third-order valence-electron chi connectivity index (χ3n) is 4.11. The standard InChI is InChI=1S/C17H24N2O2/c1-19(11-14-7-4-5-9-20-14)12-15(18)17-10-13-6-2-3-8-16(13)21-17/h2-3,6,8,10,14-15H,4-5,7,9,11-12,18H2,1H3. The fourth-order valence-corrected chi connectivity index (χ4v) is 2.98. The summed E-state index contributed by atoms with van der Waals surface area (Å²) in [5.41, 5.74) is 7.19. The molecule has 0 radical (unpaired) electrons. The minimum Gasteiger partial charge on any atom is -0.459 e. The molecule has 1 aromatic carbocycles. The van der Waals surface area contributed by atoms with Gasteiger partial charge in [-0.1, -0.05) is 18.2 Å². The Morgan fingerprint density at radius 2 is 2.19 bits per heavy atom. The molecule has 0 saturated carbocycles. The minimum absolute atomic E-state index is 0.106. The van der Waals surface area contributed by atoms with Crippen LogP contribution in [-0.2, 0) is 4.74 Å². The van der Waals surface area contributed by atoms with Crippen LogP contribution in [0, 0.1) is 0 Å². The second kappa shape index (κ2) is 6.60. The lowest BCUT2D eigenvalue weighted by Gasteiger charge is -2.28. The number of nitrogens with two attached hydrogens (primary N) is 1. The third kappa shape index (κ3) is 3.64. The number of hydrogen-bond acceptors (Lipinski definition) is 4. The van der Waals surface area contributed by atoms with Gasteiger partial charge in [-0.05, 0) is 38.4 Å². The molecule has 1 saturated heterocycles. The molecular formula is C17H24N2O2. The number of ether oxygens (including phenoxy) is 1. The van der Waals surface area contributed by atoms with Crippen LogP contribution in [0.4, 0.5) is 0 Å². The van der Waals surface area contributed by atoms with Crippen LogP contribution in [0.3, 0.4) is 0 Å². The van der Waals surface area contributed by atoms with Crippen LogP contribution in [0.25, 0.3) is 11.0 Å². The molecule has 0 bridgehead atoms. The Hall–Kier alpha value is -1.36. The van der Waals surface area contributed by atoms with Gasteiger partial charge in [-0.2, -0.15) is 0 Å². The first kappa shape index (κ1) is 14.6. The lowest BCUT2D eigenvalue weighted by atomic mass is 10.1. The summed E-state index contributed by atoms with van der Waals surface area (Å²) in [4.78, 5) is 2.24. The Morgan fingerprint density at radius 3 is 2.95 bits per heavy atom. The summed E-state index contributed by atoms with van der Waals surface area (Å²) >= 11 is 0. The Balaban J connectivity index is 1.58. The van der Waals surface area contributed by atoms with Crippen molar-refractivity contribution in [2.75, 3.05) is 26.7 Å². The second-order valence-corrected chi connectivity index (χ2v) is 6.00. The van der Waals surface area contributed by atoms with E-state index in [1.807, 2.05) is 24.3 Å². The van der Waals surface area contributed by atoms with Gasteiger partial charge in [-0.25, -0.2) is 0 Å². The first-order valence-corrected chi connectivity index (χ1v) is 7.76. The smallest absolute Gasteiger partial charge is 0.134 e. The van der Waals surface area contributed by atoms with E-state index in [4.69, 9.17) is 14.9 Å². The first-order chi connectivity index (χ1) is 10.2. The van der Waals surface area contributed by atoms with E-state index >= 15 is 0 Å². The van der Waals surface area contributed by atoms with E-state index in [-0.39, 0.29) is 6.04 Å². The number of hydrogen-bond donors (Lipinski definition) is 1. The zero-order valence-electron chi connectivity index (χ0n) is 12.6. The van der Waals surface area contributed by atoms with E-state index in [2.05, 4.69) is 18.0 Å². The van der Waals surface area contributed by atoms with E-state index in [9.17, 15) is 0 Å². The molecule has 2 unspecified atom stereocenters. The molecular weight excluding hydrogens is 264 g/mol. The maximum absolute atomic E-state index is 6.29. The van der Waals surface area contributed by atoms with Crippen LogP contribution < -0.4 is 5.73 Å². The number of benzene rings is 1. The van der Waals surface area contributed by atoms with Crippen molar-refractivity contribution in [3.63, 3.8) is 0 Å². The molecule has 2 aromatic rings. The van der Waals surface area contributed by atoms with Crippen LogP contribution in [0.15, 0.2) is 34.7 Å². The summed E-state index contributed by atoms with van der Waals surface area (Å²) < 4.78 is 11.6. The number of nitrogens with zero attached hydrogens (tertiary/aromatic N) is 1. The van der Waals surface area contributed by atoms with Crippen molar-refractivity contribution in [3.05, 3.63) is 36.1 Å². The molecule has 4 heteroatoms. The molecule has 2 atom stereocenters. The molecule has 114 valence electrons. The molecule has 2 heterocycles. The fourth-order valence-electron chi connectivity index (χ4n) is 2.98. The number of likely N-dealkylation sites (N-methyl/N-ethyl adjacent to an activating group) is 1. The SMILES string of the molecule is CN(CC1CCCCO1)CC(N)c1cc2ccccc2o1. The summed E-state index contributed by atoms with van der Waals surface area (Å²) in [6.45, 7) is 2.61. The van der Waals surface area contributed by atoms with E-state index in [0.29, 0.717) is 6.10 Å². The van der Waals surface area contributed by atoms with Gasteiger partial charge in [-0.15, -0.1) is 0 Å². The normalized spacial score (nSPS) is 21.0. The molecule has 1 aromatic heterocycles. The van der Waals surface area contributed by atoms with Crippen LogP contribution >= 0.6 is 0 Å². The third-order valence-corrected chi connectivity index (χ3v) is 4.11. The van der Waals surface area contributed by atoms with Gasteiger partial charge >= 0.3 is 0 Å². The maximum atomic E-state index is 6.29. The average Bonchev–Trinajstić information content (AvgIpc) is 2.92. The number of para-hydroxylation sites is 1. The number of fused-ring (bicyclic) bond motifs is 1. The summed E-state index contributed by atoms with van der Waals surface area (Å²) in [7, 11) is 2.10. The van der Waals surface area contributed by atoms with Crippen LogP contribution in [-0.4, -0.2) is 37.7 Å². The highest BCUT2D eigenvalue weighted by molar-refractivity contribution is 5.77. The van der Waals surface area contributed by atoms with Crippen molar-refractivity contribution in [1.29, 1.82) is 0 Å². The number of furan rings is 1. The van der Waals surface area contributed by atoms with E-state index in [1.165, 1.54) is 12.8 Å². The molecule has 0 amide bonds. The van der Waals surface area contributed by atoms with Gasteiger partial charge in [0, 0.05) is 25.1 Å². The van der Waals surface area contributed by atoms with Gasteiger partial charge in [0.25, 0.3) is 0 Å².